The second-order valence-electron chi connectivity index (χ2n) is 4.73. The first-order valence-corrected chi connectivity index (χ1v) is 7.20. The van der Waals surface area contributed by atoms with Crippen LogP contribution in [-0.2, 0) is 18.2 Å². The van der Waals surface area contributed by atoms with Crippen molar-refractivity contribution in [2.24, 2.45) is 7.05 Å². The third-order valence-electron chi connectivity index (χ3n) is 3.25. The minimum absolute atomic E-state index is 0.333. The van der Waals surface area contributed by atoms with Gasteiger partial charge in [-0.1, -0.05) is 15.9 Å². The first kappa shape index (κ1) is 13.1. The van der Waals surface area contributed by atoms with Crippen LogP contribution in [0, 0.1) is 0 Å². The van der Waals surface area contributed by atoms with Gasteiger partial charge in [0, 0.05) is 37.7 Å². The summed E-state index contributed by atoms with van der Waals surface area (Å²) in [6.07, 6.45) is 5.44. The number of rotatable bonds is 4. The molecule has 0 radical (unpaired) electrons. The lowest BCUT2D eigenvalue weighted by Crippen LogP contribution is -2.49. The molecule has 96 valence electrons. The van der Waals surface area contributed by atoms with Crippen LogP contribution in [0.3, 0.4) is 0 Å². The number of alkyl halides is 1. The molecule has 2 atom stereocenters. The minimum Gasteiger partial charge on any atom is -0.374 e. The number of aryl methyl sites for hydroxylation is 1. The first-order valence-electron chi connectivity index (χ1n) is 6.08. The largest absolute Gasteiger partial charge is 0.374 e. The van der Waals surface area contributed by atoms with Crippen LogP contribution >= 0.6 is 15.9 Å². The minimum atomic E-state index is 0.333. The second-order valence-corrected chi connectivity index (χ2v) is 5.37. The lowest BCUT2D eigenvalue weighted by atomic mass is 10.1. The monoisotopic (exact) mass is 301 g/mol. The van der Waals surface area contributed by atoms with Crippen LogP contribution in [0.4, 0.5) is 0 Å². The SMILES string of the molecule is CC1COC(CBr)CN1CCc1cnn(C)c1. The van der Waals surface area contributed by atoms with Crippen molar-refractivity contribution < 1.29 is 4.74 Å². The highest BCUT2D eigenvalue weighted by molar-refractivity contribution is 9.09. The Morgan fingerprint density at radius 1 is 1.59 bits per heavy atom. The molecule has 0 N–H and O–H groups in total. The summed E-state index contributed by atoms with van der Waals surface area (Å²) in [5.74, 6) is 0. The second kappa shape index (κ2) is 5.98. The summed E-state index contributed by atoms with van der Waals surface area (Å²) in [4.78, 5) is 2.50. The quantitative estimate of drug-likeness (QED) is 0.789. The topological polar surface area (TPSA) is 30.3 Å². The number of morpholine rings is 1. The molecule has 1 saturated heterocycles. The van der Waals surface area contributed by atoms with Crippen LogP contribution in [0.1, 0.15) is 12.5 Å². The van der Waals surface area contributed by atoms with Gasteiger partial charge in [0.2, 0.25) is 0 Å². The van der Waals surface area contributed by atoms with E-state index in [1.165, 1.54) is 5.56 Å². The average molecular weight is 302 g/mol. The standard InChI is InChI=1S/C12H20BrN3O/c1-10-9-17-12(5-13)8-16(10)4-3-11-6-14-15(2)7-11/h6-7,10,12H,3-5,8-9H2,1-2H3. The third kappa shape index (κ3) is 3.53. The molecule has 17 heavy (non-hydrogen) atoms. The molecule has 2 heterocycles. The van der Waals surface area contributed by atoms with Crippen LogP contribution in [0.2, 0.25) is 0 Å². The normalized spacial score (nSPS) is 26.3. The Labute approximate surface area is 111 Å². The average Bonchev–Trinajstić information content (AvgIpc) is 2.74. The van der Waals surface area contributed by atoms with E-state index in [2.05, 4.69) is 39.0 Å². The Bertz CT molecular complexity index is 355. The van der Waals surface area contributed by atoms with Crippen molar-refractivity contribution in [2.75, 3.05) is 25.0 Å². The van der Waals surface area contributed by atoms with E-state index < -0.39 is 0 Å². The lowest BCUT2D eigenvalue weighted by molar-refractivity contribution is -0.0460. The molecule has 1 aliphatic heterocycles. The first-order chi connectivity index (χ1) is 8.19. The number of ether oxygens (including phenoxy) is 1. The molecule has 0 saturated carbocycles. The van der Waals surface area contributed by atoms with Gasteiger partial charge in [0.1, 0.15) is 0 Å². The number of aromatic nitrogens is 2. The van der Waals surface area contributed by atoms with Gasteiger partial charge in [0.05, 0.1) is 18.9 Å². The highest BCUT2D eigenvalue weighted by Gasteiger charge is 2.24. The summed E-state index contributed by atoms with van der Waals surface area (Å²) in [6.45, 7) is 5.17. The highest BCUT2D eigenvalue weighted by atomic mass is 79.9. The van der Waals surface area contributed by atoms with Crippen molar-refractivity contribution in [3.63, 3.8) is 0 Å². The van der Waals surface area contributed by atoms with E-state index in [1.807, 2.05) is 17.9 Å². The Balaban J connectivity index is 1.84. The Morgan fingerprint density at radius 3 is 3.06 bits per heavy atom. The summed E-state index contributed by atoms with van der Waals surface area (Å²) < 4.78 is 7.58. The van der Waals surface area contributed by atoms with Gasteiger partial charge >= 0.3 is 0 Å². The van der Waals surface area contributed by atoms with Gasteiger partial charge in [-0.25, -0.2) is 0 Å². The van der Waals surface area contributed by atoms with E-state index in [0.717, 1.165) is 31.4 Å². The van der Waals surface area contributed by atoms with Gasteiger partial charge in [-0.05, 0) is 18.9 Å². The van der Waals surface area contributed by atoms with Gasteiger partial charge < -0.3 is 4.74 Å². The molecule has 0 bridgehead atoms. The Hall–Kier alpha value is -0.390. The number of hydrogen-bond donors (Lipinski definition) is 0. The maximum absolute atomic E-state index is 5.72. The third-order valence-corrected chi connectivity index (χ3v) is 3.97. The highest BCUT2D eigenvalue weighted by Crippen LogP contribution is 2.14. The zero-order valence-corrected chi connectivity index (χ0v) is 12.1. The molecule has 2 unspecified atom stereocenters. The number of hydrogen-bond acceptors (Lipinski definition) is 3. The van der Waals surface area contributed by atoms with Crippen molar-refractivity contribution in [3.05, 3.63) is 18.0 Å². The van der Waals surface area contributed by atoms with Gasteiger partial charge in [0.15, 0.2) is 0 Å². The molecule has 0 aliphatic carbocycles. The van der Waals surface area contributed by atoms with Crippen molar-refractivity contribution >= 4 is 15.9 Å². The molecule has 4 nitrogen and oxygen atoms in total. The summed E-state index contributed by atoms with van der Waals surface area (Å²) in [6, 6.07) is 0.516. The maximum atomic E-state index is 5.72. The zero-order chi connectivity index (χ0) is 12.3. The predicted molar refractivity (Wildman–Crippen MR) is 71.5 cm³/mol. The predicted octanol–water partition coefficient (Wildman–Crippen LogP) is 1.45. The van der Waals surface area contributed by atoms with E-state index in [4.69, 9.17) is 4.74 Å². The molecule has 1 aromatic rings. The summed E-state index contributed by atoms with van der Waals surface area (Å²) in [5.41, 5.74) is 1.31. The fourth-order valence-electron chi connectivity index (χ4n) is 2.15. The van der Waals surface area contributed by atoms with Crippen LogP contribution in [0.15, 0.2) is 12.4 Å². The molecule has 0 aromatic carbocycles. The Morgan fingerprint density at radius 2 is 2.41 bits per heavy atom. The van der Waals surface area contributed by atoms with E-state index >= 15 is 0 Å². The molecule has 5 heteroatoms. The smallest absolute Gasteiger partial charge is 0.0799 e. The zero-order valence-electron chi connectivity index (χ0n) is 10.5. The molecular formula is C12H20BrN3O. The van der Waals surface area contributed by atoms with Crippen LogP contribution in [-0.4, -0.2) is 51.9 Å². The molecular weight excluding hydrogens is 282 g/mol. The molecule has 1 aliphatic rings. The molecule has 0 spiro atoms. The van der Waals surface area contributed by atoms with Gasteiger partial charge in [-0.2, -0.15) is 5.10 Å². The van der Waals surface area contributed by atoms with Crippen LogP contribution in [0.5, 0.6) is 0 Å². The fraction of sp³-hybridized carbons (Fsp3) is 0.750. The van der Waals surface area contributed by atoms with Crippen molar-refractivity contribution in [1.29, 1.82) is 0 Å². The van der Waals surface area contributed by atoms with E-state index in [0.29, 0.717) is 12.1 Å². The summed E-state index contributed by atoms with van der Waals surface area (Å²) in [5, 5.41) is 5.12. The molecule has 0 amide bonds. The molecule has 1 fully saturated rings. The summed E-state index contributed by atoms with van der Waals surface area (Å²) >= 11 is 3.49. The Kier molecular flexibility index (Phi) is 4.59. The van der Waals surface area contributed by atoms with Gasteiger partial charge in [-0.3, -0.25) is 9.58 Å². The number of nitrogens with zero attached hydrogens (tertiary/aromatic N) is 3. The molecule has 1 aromatic heterocycles. The van der Waals surface area contributed by atoms with Crippen molar-refractivity contribution in [2.45, 2.75) is 25.5 Å². The van der Waals surface area contributed by atoms with Crippen LogP contribution in [0.25, 0.3) is 0 Å². The van der Waals surface area contributed by atoms with Crippen LogP contribution < -0.4 is 0 Å². The van der Waals surface area contributed by atoms with E-state index in [9.17, 15) is 0 Å². The lowest BCUT2D eigenvalue weighted by Gasteiger charge is -2.37. The van der Waals surface area contributed by atoms with E-state index in [1.54, 1.807) is 0 Å². The maximum Gasteiger partial charge on any atom is 0.0799 e. The number of halogens is 1. The van der Waals surface area contributed by atoms with Gasteiger partial charge in [-0.15, -0.1) is 0 Å². The fourth-order valence-corrected chi connectivity index (χ4v) is 2.55. The van der Waals surface area contributed by atoms with Gasteiger partial charge in [0.25, 0.3) is 0 Å². The molecule has 2 rings (SSSR count). The van der Waals surface area contributed by atoms with E-state index in [-0.39, 0.29) is 0 Å². The van der Waals surface area contributed by atoms with Crippen molar-refractivity contribution in [1.82, 2.24) is 14.7 Å². The summed E-state index contributed by atoms with van der Waals surface area (Å²) in [7, 11) is 1.96. The van der Waals surface area contributed by atoms with Crippen molar-refractivity contribution in [3.8, 4) is 0 Å².